The van der Waals surface area contributed by atoms with Gasteiger partial charge in [-0.15, -0.1) is 0 Å². The van der Waals surface area contributed by atoms with Crippen LogP contribution in [0.25, 0.3) is 0 Å². The molecular formula is C22H22N4O4. The summed E-state index contributed by atoms with van der Waals surface area (Å²) in [6, 6.07) is 15.2. The van der Waals surface area contributed by atoms with E-state index in [1.807, 2.05) is 12.1 Å². The molecule has 0 aliphatic heterocycles. The predicted octanol–water partition coefficient (Wildman–Crippen LogP) is 3.09. The van der Waals surface area contributed by atoms with Crippen LogP contribution in [0.2, 0.25) is 0 Å². The SMILES string of the molecule is COc1ccc(NC(=O)c2ccc(CNC(N)=O)cc2)cc1OCc1ccncc1. The lowest BCUT2D eigenvalue weighted by Crippen LogP contribution is -2.28. The number of hydrogen-bond donors (Lipinski definition) is 3. The van der Waals surface area contributed by atoms with Crippen molar-refractivity contribution in [1.29, 1.82) is 0 Å². The number of pyridine rings is 1. The molecule has 2 aromatic carbocycles. The van der Waals surface area contributed by atoms with Crippen LogP contribution in [0.15, 0.2) is 67.0 Å². The Labute approximate surface area is 174 Å². The van der Waals surface area contributed by atoms with Crippen molar-refractivity contribution in [1.82, 2.24) is 10.3 Å². The lowest BCUT2D eigenvalue weighted by Gasteiger charge is -2.13. The number of rotatable bonds is 8. The molecule has 0 spiro atoms. The zero-order valence-corrected chi connectivity index (χ0v) is 16.4. The Bertz CT molecular complexity index is 1010. The third kappa shape index (κ3) is 5.71. The molecule has 4 N–H and O–H groups in total. The second-order valence-electron chi connectivity index (χ2n) is 6.38. The van der Waals surface area contributed by atoms with Crippen molar-refractivity contribution in [2.24, 2.45) is 5.73 Å². The molecule has 0 saturated carbocycles. The Balaban J connectivity index is 1.66. The number of nitrogens with one attached hydrogen (secondary N) is 2. The number of carbonyl (C=O) groups is 2. The zero-order valence-electron chi connectivity index (χ0n) is 16.4. The molecule has 0 fully saturated rings. The van der Waals surface area contributed by atoms with Gasteiger partial charge in [0.25, 0.3) is 5.91 Å². The van der Waals surface area contributed by atoms with Crippen LogP contribution < -0.4 is 25.8 Å². The maximum atomic E-state index is 12.6. The molecule has 0 unspecified atom stereocenters. The van der Waals surface area contributed by atoms with Gasteiger partial charge in [0.15, 0.2) is 11.5 Å². The van der Waals surface area contributed by atoms with Gasteiger partial charge in [-0.2, -0.15) is 0 Å². The summed E-state index contributed by atoms with van der Waals surface area (Å²) in [5, 5.41) is 5.34. The highest BCUT2D eigenvalue weighted by molar-refractivity contribution is 6.04. The minimum atomic E-state index is -0.599. The molecule has 0 atom stereocenters. The van der Waals surface area contributed by atoms with E-state index in [4.69, 9.17) is 15.2 Å². The summed E-state index contributed by atoms with van der Waals surface area (Å²) in [6.07, 6.45) is 3.39. The average Bonchev–Trinajstić information content (AvgIpc) is 2.77. The molecule has 8 nitrogen and oxygen atoms in total. The molecule has 0 bridgehead atoms. The van der Waals surface area contributed by atoms with Crippen LogP contribution >= 0.6 is 0 Å². The van der Waals surface area contributed by atoms with Crippen LogP contribution in [0.4, 0.5) is 10.5 Å². The van der Waals surface area contributed by atoms with Crippen LogP contribution in [0.1, 0.15) is 21.5 Å². The van der Waals surface area contributed by atoms with E-state index in [2.05, 4.69) is 15.6 Å². The van der Waals surface area contributed by atoms with E-state index in [9.17, 15) is 9.59 Å². The number of amides is 3. The highest BCUT2D eigenvalue weighted by Crippen LogP contribution is 2.31. The number of benzene rings is 2. The van der Waals surface area contributed by atoms with E-state index < -0.39 is 6.03 Å². The molecule has 0 saturated heterocycles. The van der Waals surface area contributed by atoms with Gasteiger partial charge < -0.3 is 25.8 Å². The van der Waals surface area contributed by atoms with Gasteiger partial charge in [-0.1, -0.05) is 12.1 Å². The van der Waals surface area contributed by atoms with Crippen molar-refractivity contribution in [2.75, 3.05) is 12.4 Å². The van der Waals surface area contributed by atoms with Crippen molar-refractivity contribution in [2.45, 2.75) is 13.2 Å². The fourth-order valence-electron chi connectivity index (χ4n) is 2.67. The summed E-state index contributed by atoms with van der Waals surface area (Å²) < 4.78 is 11.2. The number of nitrogens with zero attached hydrogens (tertiary/aromatic N) is 1. The third-order valence-electron chi connectivity index (χ3n) is 4.25. The van der Waals surface area contributed by atoms with Gasteiger partial charge in [-0.05, 0) is 47.5 Å². The number of nitrogens with two attached hydrogens (primary N) is 1. The Morgan fingerprint density at radius 1 is 0.967 bits per heavy atom. The summed E-state index contributed by atoms with van der Waals surface area (Å²) in [7, 11) is 1.56. The standard InChI is InChI=1S/C22H22N4O4/c1-29-19-7-6-18(12-20(19)30-14-16-8-10-24-11-9-16)26-21(27)17-4-2-15(3-5-17)13-25-22(23)28/h2-12H,13-14H2,1H3,(H,26,27)(H3,23,25,28). The van der Waals surface area contributed by atoms with Gasteiger partial charge in [0, 0.05) is 36.3 Å². The predicted molar refractivity (Wildman–Crippen MR) is 112 cm³/mol. The monoisotopic (exact) mass is 406 g/mol. The van der Waals surface area contributed by atoms with Crippen LogP contribution in [-0.2, 0) is 13.2 Å². The van der Waals surface area contributed by atoms with Crippen LogP contribution in [0, 0.1) is 0 Å². The van der Waals surface area contributed by atoms with Crippen molar-refractivity contribution in [3.63, 3.8) is 0 Å². The van der Waals surface area contributed by atoms with Gasteiger partial charge in [0.1, 0.15) is 6.61 Å². The summed E-state index contributed by atoms with van der Waals surface area (Å²) in [6.45, 7) is 0.644. The van der Waals surface area contributed by atoms with E-state index in [0.717, 1.165) is 11.1 Å². The van der Waals surface area contributed by atoms with Crippen LogP contribution in [0.5, 0.6) is 11.5 Å². The molecule has 0 radical (unpaired) electrons. The van der Waals surface area contributed by atoms with Crippen molar-refractivity contribution >= 4 is 17.6 Å². The molecule has 0 aliphatic carbocycles. The Hall–Kier alpha value is -4.07. The van der Waals surface area contributed by atoms with Crippen LogP contribution in [-0.4, -0.2) is 24.0 Å². The Morgan fingerprint density at radius 3 is 2.37 bits per heavy atom. The highest BCUT2D eigenvalue weighted by Gasteiger charge is 2.10. The topological polar surface area (TPSA) is 116 Å². The van der Waals surface area contributed by atoms with Crippen molar-refractivity contribution in [3.8, 4) is 11.5 Å². The third-order valence-corrected chi connectivity index (χ3v) is 4.25. The average molecular weight is 406 g/mol. The smallest absolute Gasteiger partial charge is 0.312 e. The number of primary amides is 1. The first kappa shape index (κ1) is 20.7. The molecule has 3 amide bonds. The quantitative estimate of drug-likeness (QED) is 0.532. The first-order chi connectivity index (χ1) is 14.5. The number of aromatic nitrogens is 1. The van der Waals surface area contributed by atoms with Gasteiger partial charge >= 0.3 is 6.03 Å². The first-order valence-electron chi connectivity index (χ1n) is 9.18. The summed E-state index contributed by atoms with van der Waals surface area (Å²) >= 11 is 0. The number of urea groups is 1. The maximum absolute atomic E-state index is 12.6. The van der Waals surface area contributed by atoms with E-state index in [1.165, 1.54) is 0 Å². The molecule has 3 rings (SSSR count). The van der Waals surface area contributed by atoms with Gasteiger partial charge in [-0.25, -0.2) is 4.79 Å². The molecule has 1 heterocycles. The molecule has 8 heteroatoms. The second-order valence-corrected chi connectivity index (χ2v) is 6.38. The number of methoxy groups -OCH3 is 1. The van der Waals surface area contributed by atoms with Gasteiger partial charge in [0.2, 0.25) is 0 Å². The normalized spacial score (nSPS) is 10.2. The summed E-state index contributed by atoms with van der Waals surface area (Å²) in [5.41, 5.74) is 7.91. The number of anilines is 1. The molecule has 30 heavy (non-hydrogen) atoms. The molecule has 154 valence electrons. The fourth-order valence-corrected chi connectivity index (χ4v) is 2.67. The van der Waals surface area contributed by atoms with E-state index in [0.29, 0.717) is 35.9 Å². The van der Waals surface area contributed by atoms with Crippen molar-refractivity contribution < 1.29 is 19.1 Å². The number of carbonyl (C=O) groups excluding carboxylic acids is 2. The summed E-state index contributed by atoms with van der Waals surface area (Å²) in [4.78, 5) is 27.3. The first-order valence-corrected chi connectivity index (χ1v) is 9.18. The van der Waals surface area contributed by atoms with Crippen molar-refractivity contribution in [3.05, 3.63) is 83.7 Å². The van der Waals surface area contributed by atoms with E-state index >= 15 is 0 Å². The minimum absolute atomic E-state index is 0.269. The zero-order chi connectivity index (χ0) is 21.3. The lowest BCUT2D eigenvalue weighted by molar-refractivity contribution is 0.102. The largest absolute Gasteiger partial charge is 0.493 e. The second kappa shape index (κ2) is 9.92. The number of hydrogen-bond acceptors (Lipinski definition) is 5. The van der Waals surface area contributed by atoms with Crippen LogP contribution in [0.3, 0.4) is 0 Å². The minimum Gasteiger partial charge on any atom is -0.493 e. The Morgan fingerprint density at radius 2 is 1.70 bits per heavy atom. The van der Waals surface area contributed by atoms with E-state index in [-0.39, 0.29) is 5.91 Å². The Kier molecular flexibility index (Phi) is 6.83. The highest BCUT2D eigenvalue weighted by atomic mass is 16.5. The molecule has 1 aromatic heterocycles. The fraction of sp³-hybridized carbons (Fsp3) is 0.136. The van der Waals surface area contributed by atoms with Gasteiger partial charge in [0.05, 0.1) is 7.11 Å². The lowest BCUT2D eigenvalue weighted by atomic mass is 10.1. The number of ether oxygens (including phenoxy) is 2. The maximum Gasteiger partial charge on any atom is 0.312 e. The molecular weight excluding hydrogens is 384 g/mol. The van der Waals surface area contributed by atoms with Gasteiger partial charge in [-0.3, -0.25) is 9.78 Å². The molecule has 3 aromatic rings. The van der Waals surface area contributed by atoms with E-state index in [1.54, 1.807) is 62.0 Å². The molecule has 0 aliphatic rings. The summed E-state index contributed by atoms with van der Waals surface area (Å²) in [5.74, 6) is 0.808.